The Morgan fingerprint density at radius 3 is 2.81 bits per heavy atom. The number of methoxy groups -OCH3 is 1. The zero-order chi connectivity index (χ0) is 19.0. The first-order valence-corrected chi connectivity index (χ1v) is 9.09. The molecular formula is C20H19ClN4O2. The molecule has 0 saturated heterocycles. The Morgan fingerprint density at radius 2 is 2.00 bits per heavy atom. The highest BCUT2D eigenvalue weighted by Crippen LogP contribution is 2.28. The number of aromatic nitrogens is 3. The van der Waals surface area contributed by atoms with Crippen LogP contribution in [0.25, 0.3) is 5.69 Å². The lowest BCUT2D eigenvalue weighted by atomic mass is 10.1. The molecule has 0 atom stereocenters. The first kappa shape index (κ1) is 17.5. The quantitative estimate of drug-likeness (QED) is 0.696. The van der Waals surface area contributed by atoms with Crippen LogP contribution in [0.3, 0.4) is 0 Å². The van der Waals surface area contributed by atoms with E-state index in [1.165, 1.54) is 0 Å². The first-order valence-electron chi connectivity index (χ1n) is 8.71. The summed E-state index contributed by atoms with van der Waals surface area (Å²) in [7, 11) is 1.63. The SMILES string of the molecule is COc1ccccc1-n1nnc2c1CCN(C(=O)c1cccc(C)c1Cl)C2. The van der Waals surface area contributed by atoms with Crippen molar-refractivity contribution in [1.29, 1.82) is 0 Å². The van der Waals surface area contributed by atoms with Gasteiger partial charge in [0.05, 0.1) is 29.9 Å². The highest BCUT2D eigenvalue weighted by Gasteiger charge is 2.28. The van der Waals surface area contributed by atoms with Crippen molar-refractivity contribution in [1.82, 2.24) is 19.9 Å². The van der Waals surface area contributed by atoms with Crippen LogP contribution in [0.4, 0.5) is 0 Å². The molecule has 0 aliphatic carbocycles. The molecular weight excluding hydrogens is 364 g/mol. The van der Waals surface area contributed by atoms with Crippen molar-refractivity contribution in [3.05, 3.63) is 70.0 Å². The topological polar surface area (TPSA) is 60.2 Å². The molecule has 0 fully saturated rings. The molecule has 1 aliphatic heterocycles. The first-order chi connectivity index (χ1) is 13.1. The van der Waals surface area contributed by atoms with Gasteiger partial charge in [-0.3, -0.25) is 4.79 Å². The molecule has 2 heterocycles. The van der Waals surface area contributed by atoms with Crippen molar-refractivity contribution in [2.75, 3.05) is 13.7 Å². The zero-order valence-electron chi connectivity index (χ0n) is 15.1. The van der Waals surface area contributed by atoms with Crippen molar-refractivity contribution in [3.63, 3.8) is 0 Å². The van der Waals surface area contributed by atoms with E-state index in [0.29, 0.717) is 30.1 Å². The second kappa shape index (κ2) is 7.04. The summed E-state index contributed by atoms with van der Waals surface area (Å²) >= 11 is 6.33. The van der Waals surface area contributed by atoms with Crippen molar-refractivity contribution in [2.45, 2.75) is 19.9 Å². The highest BCUT2D eigenvalue weighted by atomic mass is 35.5. The second-order valence-corrected chi connectivity index (χ2v) is 6.86. The molecule has 0 saturated carbocycles. The molecule has 6 nitrogen and oxygen atoms in total. The Kier molecular flexibility index (Phi) is 4.58. The molecule has 4 rings (SSSR count). The smallest absolute Gasteiger partial charge is 0.255 e. The van der Waals surface area contributed by atoms with Gasteiger partial charge in [-0.2, -0.15) is 0 Å². The molecule has 7 heteroatoms. The van der Waals surface area contributed by atoms with Crippen LogP contribution < -0.4 is 4.74 Å². The van der Waals surface area contributed by atoms with E-state index >= 15 is 0 Å². The van der Waals surface area contributed by atoms with E-state index < -0.39 is 0 Å². The van der Waals surface area contributed by atoms with E-state index in [9.17, 15) is 4.79 Å². The molecule has 2 aromatic carbocycles. The van der Waals surface area contributed by atoms with Crippen LogP contribution >= 0.6 is 11.6 Å². The van der Waals surface area contributed by atoms with E-state index in [1.807, 2.05) is 43.3 Å². The summed E-state index contributed by atoms with van der Waals surface area (Å²) in [4.78, 5) is 14.7. The minimum atomic E-state index is -0.0822. The number of halogens is 1. The fourth-order valence-corrected chi connectivity index (χ4v) is 3.57. The van der Waals surface area contributed by atoms with Gasteiger partial charge in [-0.15, -0.1) is 5.10 Å². The van der Waals surface area contributed by atoms with Gasteiger partial charge in [0.15, 0.2) is 0 Å². The predicted molar refractivity (Wildman–Crippen MR) is 103 cm³/mol. The second-order valence-electron chi connectivity index (χ2n) is 6.48. The lowest BCUT2D eigenvalue weighted by molar-refractivity contribution is 0.0731. The van der Waals surface area contributed by atoms with Gasteiger partial charge in [0.2, 0.25) is 0 Å². The van der Waals surface area contributed by atoms with Crippen LogP contribution in [0.1, 0.15) is 27.3 Å². The number of nitrogens with zero attached hydrogens (tertiary/aromatic N) is 4. The maximum Gasteiger partial charge on any atom is 0.255 e. The van der Waals surface area contributed by atoms with E-state index in [1.54, 1.807) is 22.8 Å². The standard InChI is InChI=1S/C20H19ClN4O2/c1-13-6-5-7-14(19(13)21)20(26)24-11-10-16-15(12-24)22-23-25(16)17-8-3-4-9-18(17)27-2/h3-9H,10-12H2,1-2H3. The summed E-state index contributed by atoms with van der Waals surface area (Å²) in [5.74, 6) is 0.649. The Balaban J connectivity index is 1.63. The van der Waals surface area contributed by atoms with Crippen LogP contribution in [0.2, 0.25) is 5.02 Å². The van der Waals surface area contributed by atoms with Gasteiger partial charge in [-0.1, -0.05) is 41.1 Å². The van der Waals surface area contributed by atoms with Gasteiger partial charge in [0.1, 0.15) is 17.1 Å². The number of para-hydroxylation sites is 2. The molecule has 1 aliphatic rings. The summed E-state index contributed by atoms with van der Waals surface area (Å²) in [5.41, 5.74) is 4.05. The summed E-state index contributed by atoms with van der Waals surface area (Å²) in [6, 6.07) is 13.2. The summed E-state index contributed by atoms with van der Waals surface area (Å²) in [6.45, 7) is 2.89. The summed E-state index contributed by atoms with van der Waals surface area (Å²) in [6.07, 6.45) is 0.662. The number of aryl methyl sites for hydroxylation is 1. The van der Waals surface area contributed by atoms with Crippen molar-refractivity contribution >= 4 is 17.5 Å². The van der Waals surface area contributed by atoms with E-state index in [0.717, 1.165) is 28.4 Å². The molecule has 27 heavy (non-hydrogen) atoms. The van der Waals surface area contributed by atoms with Crippen molar-refractivity contribution < 1.29 is 9.53 Å². The van der Waals surface area contributed by atoms with Gasteiger partial charge >= 0.3 is 0 Å². The van der Waals surface area contributed by atoms with Crippen molar-refractivity contribution in [2.24, 2.45) is 0 Å². The van der Waals surface area contributed by atoms with Crippen LogP contribution in [0, 0.1) is 6.92 Å². The van der Waals surface area contributed by atoms with Gasteiger partial charge in [-0.05, 0) is 30.7 Å². The molecule has 138 valence electrons. The lowest BCUT2D eigenvalue weighted by Gasteiger charge is -2.27. The third kappa shape index (κ3) is 3.06. The molecule has 1 amide bonds. The number of rotatable bonds is 3. The Hall–Kier alpha value is -2.86. The van der Waals surface area contributed by atoms with E-state index in [-0.39, 0.29) is 5.91 Å². The molecule has 1 aromatic heterocycles. The molecule has 0 N–H and O–H groups in total. The number of hydrogen-bond donors (Lipinski definition) is 0. The van der Waals surface area contributed by atoms with Gasteiger partial charge in [-0.25, -0.2) is 4.68 Å². The molecule has 3 aromatic rings. The van der Waals surface area contributed by atoms with Gasteiger partial charge in [0, 0.05) is 13.0 Å². The maximum absolute atomic E-state index is 12.9. The fraction of sp³-hybridized carbons (Fsp3) is 0.250. The lowest BCUT2D eigenvalue weighted by Crippen LogP contribution is -2.36. The highest BCUT2D eigenvalue weighted by molar-refractivity contribution is 6.34. The number of fused-ring (bicyclic) bond motifs is 1. The molecule has 0 spiro atoms. The number of carbonyl (C=O) groups is 1. The summed E-state index contributed by atoms with van der Waals surface area (Å²) < 4.78 is 7.24. The molecule has 0 radical (unpaired) electrons. The Morgan fingerprint density at radius 1 is 1.19 bits per heavy atom. The Labute approximate surface area is 162 Å². The number of benzene rings is 2. The maximum atomic E-state index is 12.9. The minimum Gasteiger partial charge on any atom is -0.494 e. The van der Waals surface area contributed by atoms with E-state index in [4.69, 9.17) is 16.3 Å². The third-order valence-corrected chi connectivity index (χ3v) is 5.33. The average Bonchev–Trinajstić information content (AvgIpc) is 3.12. The number of amides is 1. The van der Waals surface area contributed by atoms with E-state index in [2.05, 4.69) is 10.3 Å². The predicted octanol–water partition coefficient (Wildman–Crippen LogP) is 3.44. The molecule has 0 unspecified atom stereocenters. The van der Waals surface area contributed by atoms with Crippen molar-refractivity contribution in [3.8, 4) is 11.4 Å². The zero-order valence-corrected chi connectivity index (χ0v) is 15.9. The monoisotopic (exact) mass is 382 g/mol. The Bertz CT molecular complexity index is 1010. The number of ether oxygens (including phenoxy) is 1. The van der Waals surface area contributed by atoms with Gasteiger partial charge < -0.3 is 9.64 Å². The minimum absolute atomic E-state index is 0.0822. The van der Waals surface area contributed by atoms with Crippen LogP contribution in [0.5, 0.6) is 5.75 Å². The van der Waals surface area contributed by atoms with Crippen LogP contribution in [-0.4, -0.2) is 39.5 Å². The average molecular weight is 383 g/mol. The summed E-state index contributed by atoms with van der Waals surface area (Å²) in [5, 5.41) is 9.11. The molecule has 0 bridgehead atoms. The fourth-order valence-electron chi connectivity index (χ4n) is 3.36. The van der Waals surface area contributed by atoms with Crippen LogP contribution in [-0.2, 0) is 13.0 Å². The third-order valence-electron chi connectivity index (χ3n) is 4.83. The number of carbonyl (C=O) groups excluding carboxylic acids is 1. The van der Waals surface area contributed by atoms with Gasteiger partial charge in [0.25, 0.3) is 5.91 Å². The number of hydrogen-bond acceptors (Lipinski definition) is 4. The normalized spacial score (nSPS) is 13.4. The largest absolute Gasteiger partial charge is 0.494 e. The van der Waals surface area contributed by atoms with Crippen LogP contribution in [0.15, 0.2) is 42.5 Å².